The average Bonchev–Trinajstić information content (AvgIpc) is 3.57. The summed E-state index contributed by atoms with van der Waals surface area (Å²) in [6, 6.07) is 1.57. The van der Waals surface area contributed by atoms with Gasteiger partial charge in [-0.1, -0.05) is 61.0 Å². The van der Waals surface area contributed by atoms with Crippen LogP contribution in [-0.2, 0) is 35.1 Å². The Morgan fingerprint density at radius 2 is 1.57 bits per heavy atom. The molecule has 0 unspecified atom stereocenters. The fraction of sp³-hybridized carbons (Fsp3) is 0.737. The van der Waals surface area contributed by atoms with Crippen molar-refractivity contribution in [3.05, 3.63) is 35.4 Å². The Hall–Kier alpha value is -3.16. The number of carbonyl (C=O) groups is 4. The number of likely N-dealkylation sites (tertiary alicyclic amines) is 1. The molecule has 0 spiro atoms. The third kappa shape index (κ3) is 11.4. The van der Waals surface area contributed by atoms with Gasteiger partial charge >= 0.3 is 0 Å². The van der Waals surface area contributed by atoms with Gasteiger partial charge in [0, 0.05) is 39.9 Å². The quantitative estimate of drug-likeness (QED) is 0.186. The van der Waals surface area contributed by atoms with Crippen molar-refractivity contribution >= 4 is 23.6 Å². The minimum atomic E-state index is -0.777. The summed E-state index contributed by atoms with van der Waals surface area (Å²) < 4.78 is 39.9. The summed E-state index contributed by atoms with van der Waals surface area (Å²) in [5.41, 5.74) is -0.0879. The molecule has 2 rings (SSSR count). The van der Waals surface area contributed by atoms with E-state index < -0.39 is 47.9 Å². The number of ether oxygens (including phenoxy) is 2. The lowest BCUT2D eigenvalue weighted by atomic mass is 9.89. The van der Waals surface area contributed by atoms with E-state index in [9.17, 15) is 28.0 Å². The highest BCUT2D eigenvalue weighted by Crippen LogP contribution is 2.29. The van der Waals surface area contributed by atoms with E-state index in [0.29, 0.717) is 13.0 Å². The second-order valence-electron chi connectivity index (χ2n) is 14.6. The standard InChI is InChI=1S/C38H63F2N5O6/c1-12-24(6)34(44(9)38(49)33(23(4)5)43-37(48)32(41-8)22(2)3)30(50-10)21-31(46)45-20-14-17-29(45)35(51-11)25(7)36(47)42-19-18-26-27(39)15-13-16-28(26)40/h13,15-16,22-25,29-30,32-35,41H,12,14,17-21H2,1-11H3,(H,42,47)(H,43,48)/t24-,25+,29-,30+,32-,33-,34-,35+/m0/s1. The second kappa shape index (κ2) is 20.8. The molecule has 11 nitrogen and oxygen atoms in total. The van der Waals surface area contributed by atoms with Gasteiger partial charge in [-0.15, -0.1) is 0 Å². The van der Waals surface area contributed by atoms with Crippen molar-refractivity contribution in [3.8, 4) is 0 Å². The number of rotatable bonds is 20. The Kier molecular flexibility index (Phi) is 17.9. The number of amides is 4. The molecule has 0 radical (unpaired) electrons. The van der Waals surface area contributed by atoms with Crippen LogP contribution in [0.5, 0.6) is 0 Å². The molecule has 1 saturated heterocycles. The van der Waals surface area contributed by atoms with E-state index in [2.05, 4.69) is 16.0 Å². The van der Waals surface area contributed by atoms with Crippen molar-refractivity contribution in [1.29, 1.82) is 0 Å². The maximum Gasteiger partial charge on any atom is 0.245 e. The van der Waals surface area contributed by atoms with E-state index in [1.807, 2.05) is 41.5 Å². The molecule has 1 heterocycles. The number of benzene rings is 1. The molecule has 1 aromatic carbocycles. The SMILES string of the molecule is CC[C@H](C)[C@@H]([C@@H](CC(=O)N1CCC[C@H]1[C@H](OC)[C@@H](C)C(=O)NCCc1c(F)cccc1F)OC)N(C)C(=O)[C@@H](NC(=O)[C@@H](NC)C(C)C)C(C)C. The van der Waals surface area contributed by atoms with Crippen molar-refractivity contribution in [2.45, 2.75) is 117 Å². The summed E-state index contributed by atoms with van der Waals surface area (Å²) in [4.78, 5) is 57.8. The molecule has 0 aliphatic carbocycles. The topological polar surface area (TPSA) is 129 Å². The Morgan fingerprint density at radius 1 is 0.961 bits per heavy atom. The van der Waals surface area contributed by atoms with E-state index in [0.717, 1.165) is 12.8 Å². The van der Waals surface area contributed by atoms with Crippen LogP contribution in [0.3, 0.4) is 0 Å². The third-order valence-corrected chi connectivity index (χ3v) is 10.5. The maximum atomic E-state index is 14.1. The summed E-state index contributed by atoms with van der Waals surface area (Å²) in [5, 5.41) is 8.76. The van der Waals surface area contributed by atoms with Crippen LogP contribution >= 0.6 is 0 Å². The molecule has 1 aliphatic rings. The first-order valence-corrected chi connectivity index (χ1v) is 18.4. The summed E-state index contributed by atoms with van der Waals surface area (Å²) in [6.45, 7) is 13.9. The molecule has 0 aromatic heterocycles. The first kappa shape index (κ1) is 44.0. The van der Waals surface area contributed by atoms with Gasteiger partial charge in [-0.2, -0.15) is 0 Å². The molecular formula is C38H63F2N5O6. The van der Waals surface area contributed by atoms with Crippen LogP contribution in [0.1, 0.15) is 79.7 Å². The molecule has 13 heteroatoms. The van der Waals surface area contributed by atoms with Crippen LogP contribution in [0, 0.1) is 35.3 Å². The Bertz CT molecular complexity index is 1280. The minimum Gasteiger partial charge on any atom is -0.379 e. The number of hydrogen-bond acceptors (Lipinski definition) is 7. The predicted octanol–water partition coefficient (Wildman–Crippen LogP) is 3.93. The number of methoxy groups -OCH3 is 2. The lowest BCUT2D eigenvalue weighted by Gasteiger charge is -2.41. The van der Waals surface area contributed by atoms with Gasteiger partial charge in [-0.25, -0.2) is 8.78 Å². The smallest absolute Gasteiger partial charge is 0.245 e. The van der Waals surface area contributed by atoms with Crippen LogP contribution in [0.15, 0.2) is 18.2 Å². The van der Waals surface area contributed by atoms with Crippen molar-refractivity contribution in [2.24, 2.45) is 23.7 Å². The molecular weight excluding hydrogens is 660 g/mol. The fourth-order valence-corrected chi connectivity index (χ4v) is 7.29. The van der Waals surface area contributed by atoms with Gasteiger partial charge in [-0.3, -0.25) is 19.2 Å². The summed E-state index contributed by atoms with van der Waals surface area (Å²) >= 11 is 0. The monoisotopic (exact) mass is 723 g/mol. The van der Waals surface area contributed by atoms with Crippen LogP contribution < -0.4 is 16.0 Å². The summed E-state index contributed by atoms with van der Waals surface area (Å²) in [6.07, 6.45) is 0.798. The Morgan fingerprint density at radius 3 is 2.08 bits per heavy atom. The summed E-state index contributed by atoms with van der Waals surface area (Å²) in [5.74, 6) is -3.21. The van der Waals surface area contributed by atoms with E-state index in [4.69, 9.17) is 9.47 Å². The molecule has 1 aliphatic heterocycles. The first-order valence-electron chi connectivity index (χ1n) is 18.4. The average molecular weight is 724 g/mol. The van der Waals surface area contributed by atoms with Crippen molar-refractivity contribution in [3.63, 3.8) is 0 Å². The van der Waals surface area contributed by atoms with E-state index in [1.54, 1.807) is 30.8 Å². The van der Waals surface area contributed by atoms with E-state index in [-0.39, 0.29) is 72.4 Å². The van der Waals surface area contributed by atoms with Gasteiger partial charge in [0.25, 0.3) is 0 Å². The Labute approximate surface area is 303 Å². The third-order valence-electron chi connectivity index (χ3n) is 10.5. The zero-order valence-corrected chi connectivity index (χ0v) is 32.6. The number of carbonyl (C=O) groups excluding carboxylic acids is 4. The lowest BCUT2D eigenvalue weighted by molar-refractivity contribution is -0.147. The van der Waals surface area contributed by atoms with E-state index in [1.165, 1.54) is 32.4 Å². The van der Waals surface area contributed by atoms with Gasteiger partial charge in [0.2, 0.25) is 23.6 Å². The molecule has 0 saturated carbocycles. The van der Waals surface area contributed by atoms with Gasteiger partial charge in [-0.05, 0) is 56.2 Å². The lowest BCUT2D eigenvalue weighted by Crippen LogP contribution is -2.59. The Balaban J connectivity index is 2.21. The molecule has 4 amide bonds. The molecule has 0 bridgehead atoms. The maximum absolute atomic E-state index is 14.1. The first-order chi connectivity index (χ1) is 24.0. The highest BCUT2D eigenvalue weighted by atomic mass is 19.1. The number of hydrogen-bond donors (Lipinski definition) is 3. The zero-order valence-electron chi connectivity index (χ0n) is 32.6. The predicted molar refractivity (Wildman–Crippen MR) is 194 cm³/mol. The minimum absolute atomic E-state index is 0.00127. The number of nitrogens with zero attached hydrogens (tertiary/aromatic N) is 2. The van der Waals surface area contributed by atoms with Gasteiger partial charge in [0.1, 0.15) is 17.7 Å². The van der Waals surface area contributed by atoms with Crippen LogP contribution in [0.4, 0.5) is 8.78 Å². The number of likely N-dealkylation sites (N-methyl/N-ethyl adjacent to an activating group) is 2. The van der Waals surface area contributed by atoms with Gasteiger partial charge < -0.3 is 35.2 Å². The van der Waals surface area contributed by atoms with Gasteiger partial charge in [0.05, 0.1) is 42.7 Å². The molecule has 1 fully saturated rings. The normalized spacial score (nSPS) is 18.9. The highest BCUT2D eigenvalue weighted by molar-refractivity contribution is 5.90. The molecule has 51 heavy (non-hydrogen) atoms. The number of nitrogens with one attached hydrogen (secondary N) is 3. The van der Waals surface area contributed by atoms with E-state index >= 15 is 0 Å². The van der Waals surface area contributed by atoms with Crippen molar-refractivity contribution in [1.82, 2.24) is 25.8 Å². The van der Waals surface area contributed by atoms with Crippen molar-refractivity contribution in [2.75, 3.05) is 41.4 Å². The largest absolute Gasteiger partial charge is 0.379 e. The number of halogens is 2. The molecule has 3 N–H and O–H groups in total. The van der Waals surface area contributed by atoms with Crippen molar-refractivity contribution < 1.29 is 37.4 Å². The van der Waals surface area contributed by atoms with Crippen LogP contribution in [0.2, 0.25) is 0 Å². The molecule has 8 atom stereocenters. The van der Waals surface area contributed by atoms with Gasteiger partial charge in [0.15, 0.2) is 0 Å². The second-order valence-corrected chi connectivity index (χ2v) is 14.6. The van der Waals surface area contributed by atoms with Crippen LogP contribution in [-0.4, -0.2) is 111 Å². The molecule has 1 aromatic rings. The molecule has 290 valence electrons. The fourth-order valence-electron chi connectivity index (χ4n) is 7.29. The van der Waals surface area contributed by atoms with Crippen LogP contribution in [0.25, 0.3) is 0 Å². The zero-order chi connectivity index (χ0) is 38.6. The summed E-state index contributed by atoms with van der Waals surface area (Å²) in [7, 11) is 6.46. The highest BCUT2D eigenvalue weighted by Gasteiger charge is 2.43.